The Kier molecular flexibility index (Phi) is 4.70. The van der Waals surface area contributed by atoms with Crippen LogP contribution in [0.4, 0.5) is 0 Å². The van der Waals surface area contributed by atoms with Crippen LogP contribution in [0.3, 0.4) is 0 Å². The first-order valence-electron chi connectivity index (χ1n) is 9.08. The Balaban J connectivity index is 1.56. The van der Waals surface area contributed by atoms with Gasteiger partial charge in [-0.3, -0.25) is 0 Å². The smallest absolute Gasteiger partial charge is 0.231 e. The molecule has 0 radical (unpaired) electrons. The van der Waals surface area contributed by atoms with Crippen LogP contribution in [0.2, 0.25) is 0 Å². The first-order valence-corrected chi connectivity index (χ1v) is 9.08. The molecule has 24 heavy (non-hydrogen) atoms. The summed E-state index contributed by atoms with van der Waals surface area (Å²) in [6.45, 7) is 0.332. The van der Waals surface area contributed by atoms with Gasteiger partial charge >= 0.3 is 0 Å². The number of fused-ring (bicyclic) bond motifs is 1. The van der Waals surface area contributed by atoms with Crippen LogP contribution in [0, 0.1) is 0 Å². The third kappa shape index (κ3) is 3.57. The van der Waals surface area contributed by atoms with Crippen molar-refractivity contribution in [1.29, 1.82) is 0 Å². The monoisotopic (exact) mass is 323 g/mol. The van der Waals surface area contributed by atoms with Crippen LogP contribution >= 0.6 is 0 Å². The summed E-state index contributed by atoms with van der Waals surface area (Å²) < 4.78 is 11.0. The van der Waals surface area contributed by atoms with E-state index in [1.807, 2.05) is 6.07 Å². The molecule has 3 nitrogen and oxygen atoms in total. The largest absolute Gasteiger partial charge is 0.454 e. The van der Waals surface area contributed by atoms with E-state index in [1.54, 1.807) is 0 Å². The molecule has 2 aromatic rings. The molecule has 2 aromatic carbocycles. The Morgan fingerprint density at radius 2 is 1.71 bits per heavy atom. The molecule has 1 fully saturated rings. The van der Waals surface area contributed by atoms with E-state index < -0.39 is 0 Å². The fourth-order valence-corrected chi connectivity index (χ4v) is 3.81. The number of rotatable bonds is 5. The highest BCUT2D eigenvalue weighted by atomic mass is 16.7. The lowest BCUT2D eigenvalue weighted by molar-refractivity contribution is 0.174. The van der Waals surface area contributed by atoms with Crippen molar-refractivity contribution >= 4 is 0 Å². The first-order chi connectivity index (χ1) is 11.9. The topological polar surface area (TPSA) is 30.5 Å². The molecule has 0 amide bonds. The second-order valence-electron chi connectivity index (χ2n) is 6.86. The molecule has 0 saturated heterocycles. The maximum atomic E-state index is 5.58. The lowest BCUT2D eigenvalue weighted by Gasteiger charge is -2.29. The number of hydrogen-bond acceptors (Lipinski definition) is 3. The van der Waals surface area contributed by atoms with E-state index in [9.17, 15) is 0 Å². The number of ether oxygens (including phenoxy) is 2. The first kappa shape index (κ1) is 15.5. The SMILES string of the molecule is c1ccc(C[C@@H](NC2CCCCC2)c2ccc3c(c2)OCO3)cc1. The minimum atomic E-state index is 0.310. The van der Waals surface area contributed by atoms with Gasteiger partial charge in [0.25, 0.3) is 0 Å². The van der Waals surface area contributed by atoms with Crippen molar-refractivity contribution in [2.24, 2.45) is 0 Å². The fraction of sp³-hybridized carbons (Fsp3) is 0.429. The Bertz CT molecular complexity index is 665. The van der Waals surface area contributed by atoms with E-state index in [4.69, 9.17) is 9.47 Å². The van der Waals surface area contributed by atoms with Crippen LogP contribution in [0.1, 0.15) is 49.3 Å². The minimum absolute atomic E-state index is 0.310. The van der Waals surface area contributed by atoms with E-state index in [1.165, 1.54) is 43.2 Å². The third-order valence-electron chi connectivity index (χ3n) is 5.12. The molecule has 0 aromatic heterocycles. The van der Waals surface area contributed by atoms with Gasteiger partial charge in [0.05, 0.1) is 0 Å². The van der Waals surface area contributed by atoms with Crippen LogP contribution in [-0.2, 0) is 6.42 Å². The van der Waals surface area contributed by atoms with Crippen LogP contribution in [0.15, 0.2) is 48.5 Å². The molecule has 1 saturated carbocycles. The summed E-state index contributed by atoms with van der Waals surface area (Å²) in [6.07, 6.45) is 7.64. The van der Waals surface area contributed by atoms with E-state index in [-0.39, 0.29) is 0 Å². The molecule has 1 atom stereocenters. The zero-order valence-electron chi connectivity index (χ0n) is 14.0. The van der Waals surface area contributed by atoms with Gasteiger partial charge in [-0.25, -0.2) is 0 Å². The molecule has 0 bridgehead atoms. The lowest BCUT2D eigenvalue weighted by Crippen LogP contribution is -2.35. The fourth-order valence-electron chi connectivity index (χ4n) is 3.81. The zero-order valence-corrected chi connectivity index (χ0v) is 14.0. The Morgan fingerprint density at radius 1 is 0.917 bits per heavy atom. The van der Waals surface area contributed by atoms with E-state index in [0.717, 1.165) is 17.9 Å². The predicted octanol–water partition coefficient (Wildman–Crippen LogP) is 4.62. The van der Waals surface area contributed by atoms with Gasteiger partial charge in [-0.05, 0) is 42.5 Å². The normalized spacial score (nSPS) is 18.5. The average Bonchev–Trinajstić information content (AvgIpc) is 3.11. The van der Waals surface area contributed by atoms with E-state index in [2.05, 4.69) is 47.8 Å². The van der Waals surface area contributed by atoms with Crippen LogP contribution in [-0.4, -0.2) is 12.8 Å². The van der Waals surface area contributed by atoms with Crippen molar-refractivity contribution in [1.82, 2.24) is 5.32 Å². The molecule has 1 aliphatic heterocycles. The highest BCUT2D eigenvalue weighted by Gasteiger charge is 2.22. The van der Waals surface area contributed by atoms with Gasteiger partial charge in [-0.15, -0.1) is 0 Å². The standard InChI is InChI=1S/C21H25NO2/c1-3-7-16(8-4-1)13-19(22-18-9-5-2-6-10-18)17-11-12-20-21(14-17)24-15-23-20/h1,3-4,7-8,11-12,14,18-19,22H,2,5-6,9-10,13,15H2/t19-/m1/s1. The van der Waals surface area contributed by atoms with Crippen molar-refractivity contribution in [3.63, 3.8) is 0 Å². The maximum absolute atomic E-state index is 5.58. The average molecular weight is 323 g/mol. The second-order valence-corrected chi connectivity index (χ2v) is 6.86. The van der Waals surface area contributed by atoms with Gasteiger partial charge in [-0.1, -0.05) is 55.7 Å². The number of benzene rings is 2. The molecule has 2 aliphatic rings. The molecular formula is C21H25NO2. The summed E-state index contributed by atoms with van der Waals surface area (Å²) in [4.78, 5) is 0. The highest BCUT2D eigenvalue weighted by Crippen LogP contribution is 2.35. The van der Waals surface area contributed by atoms with E-state index >= 15 is 0 Å². The quantitative estimate of drug-likeness (QED) is 0.871. The van der Waals surface area contributed by atoms with Gasteiger partial charge in [-0.2, -0.15) is 0 Å². The maximum Gasteiger partial charge on any atom is 0.231 e. The highest BCUT2D eigenvalue weighted by molar-refractivity contribution is 5.45. The summed E-state index contributed by atoms with van der Waals surface area (Å²) in [5.41, 5.74) is 2.65. The summed E-state index contributed by atoms with van der Waals surface area (Å²) in [6, 6.07) is 18.0. The molecule has 0 unspecified atom stereocenters. The van der Waals surface area contributed by atoms with E-state index in [0.29, 0.717) is 18.9 Å². The van der Waals surface area contributed by atoms with Gasteiger partial charge < -0.3 is 14.8 Å². The Hall–Kier alpha value is -2.00. The molecule has 1 aliphatic carbocycles. The van der Waals surface area contributed by atoms with Gasteiger partial charge in [0.1, 0.15) is 0 Å². The van der Waals surface area contributed by atoms with Crippen molar-refractivity contribution < 1.29 is 9.47 Å². The molecule has 4 rings (SSSR count). The minimum Gasteiger partial charge on any atom is -0.454 e. The summed E-state index contributed by atoms with van der Waals surface area (Å²) in [5.74, 6) is 1.73. The van der Waals surface area contributed by atoms with Crippen molar-refractivity contribution in [2.75, 3.05) is 6.79 Å². The summed E-state index contributed by atoms with van der Waals surface area (Å²) >= 11 is 0. The Morgan fingerprint density at radius 3 is 2.54 bits per heavy atom. The number of hydrogen-bond donors (Lipinski definition) is 1. The van der Waals surface area contributed by atoms with Crippen LogP contribution in [0.5, 0.6) is 11.5 Å². The lowest BCUT2D eigenvalue weighted by atomic mass is 9.92. The predicted molar refractivity (Wildman–Crippen MR) is 95.5 cm³/mol. The molecule has 3 heteroatoms. The molecular weight excluding hydrogens is 298 g/mol. The molecule has 126 valence electrons. The van der Waals surface area contributed by atoms with Gasteiger partial charge in [0.2, 0.25) is 6.79 Å². The zero-order chi connectivity index (χ0) is 16.2. The second kappa shape index (κ2) is 7.27. The van der Waals surface area contributed by atoms with Crippen molar-refractivity contribution in [3.8, 4) is 11.5 Å². The molecule has 1 N–H and O–H groups in total. The molecule has 0 spiro atoms. The van der Waals surface area contributed by atoms with Crippen molar-refractivity contribution in [3.05, 3.63) is 59.7 Å². The van der Waals surface area contributed by atoms with Gasteiger partial charge in [0, 0.05) is 12.1 Å². The summed E-state index contributed by atoms with van der Waals surface area (Å²) in [5, 5.41) is 3.92. The van der Waals surface area contributed by atoms with Crippen LogP contribution in [0.25, 0.3) is 0 Å². The third-order valence-corrected chi connectivity index (χ3v) is 5.12. The van der Waals surface area contributed by atoms with Gasteiger partial charge in [0.15, 0.2) is 11.5 Å². The number of nitrogens with one attached hydrogen (secondary N) is 1. The van der Waals surface area contributed by atoms with Crippen LogP contribution < -0.4 is 14.8 Å². The molecule has 1 heterocycles. The van der Waals surface area contributed by atoms with Crippen molar-refractivity contribution in [2.45, 2.75) is 50.6 Å². The Labute approximate surface area is 144 Å². The summed E-state index contributed by atoms with van der Waals surface area (Å²) in [7, 11) is 0.